The number of fused-ring (bicyclic) bond motifs is 2. The molecule has 0 unspecified atom stereocenters. The first kappa shape index (κ1) is 14.2. The third kappa shape index (κ3) is 2.29. The number of hydrogen-bond donors (Lipinski definition) is 1. The number of rotatable bonds is 2. The lowest BCUT2D eigenvalue weighted by atomic mass is 10.00. The lowest BCUT2D eigenvalue weighted by molar-refractivity contribution is 0.482. The molecule has 0 radical (unpaired) electrons. The third-order valence-electron chi connectivity index (χ3n) is 4.63. The number of H-pyrrole nitrogens is 1. The van der Waals surface area contributed by atoms with E-state index < -0.39 is 5.95 Å². The van der Waals surface area contributed by atoms with Gasteiger partial charge in [0.25, 0.3) is 0 Å². The van der Waals surface area contributed by atoms with Crippen LogP contribution in [0.4, 0.5) is 10.2 Å². The Balaban J connectivity index is 1.68. The number of hydrogen-bond acceptors (Lipinski definition) is 4. The summed E-state index contributed by atoms with van der Waals surface area (Å²) in [6.45, 7) is 0.702. The van der Waals surface area contributed by atoms with E-state index in [1.165, 1.54) is 6.07 Å². The number of nitrogens with one attached hydrogen (secondary N) is 1. The van der Waals surface area contributed by atoms with Crippen molar-refractivity contribution in [2.24, 2.45) is 0 Å². The number of imidazole rings is 1. The quantitative estimate of drug-likeness (QED) is 0.566. The largest absolute Gasteiger partial charge is 0.458 e. The highest BCUT2D eigenvalue weighted by Gasteiger charge is 2.34. The zero-order valence-corrected chi connectivity index (χ0v) is 13.3. The molecule has 0 saturated carbocycles. The smallest absolute Gasteiger partial charge is 0.214 e. The van der Waals surface area contributed by atoms with Crippen LogP contribution in [0, 0.1) is 5.95 Å². The van der Waals surface area contributed by atoms with Gasteiger partial charge >= 0.3 is 0 Å². The minimum atomic E-state index is -0.492. The molecule has 25 heavy (non-hydrogen) atoms. The lowest BCUT2D eigenvalue weighted by Gasteiger charge is -2.34. The molecular formula is C19H15FN4O. The predicted molar refractivity (Wildman–Crippen MR) is 91.9 cm³/mol. The van der Waals surface area contributed by atoms with Gasteiger partial charge in [0.1, 0.15) is 23.2 Å². The van der Waals surface area contributed by atoms with Crippen LogP contribution in [0.15, 0.2) is 59.3 Å². The first-order valence-electron chi connectivity index (χ1n) is 8.19. The van der Waals surface area contributed by atoms with Crippen molar-refractivity contribution in [3.63, 3.8) is 0 Å². The lowest BCUT2D eigenvalue weighted by Crippen LogP contribution is -2.36. The first-order chi connectivity index (χ1) is 12.3. The number of anilines is 1. The number of benzene rings is 1. The highest BCUT2D eigenvalue weighted by molar-refractivity contribution is 5.78. The summed E-state index contributed by atoms with van der Waals surface area (Å²) in [7, 11) is 0. The molecule has 1 aromatic carbocycles. The molecule has 0 bridgehead atoms. The molecule has 6 heteroatoms. The molecule has 5 nitrogen and oxygen atoms in total. The van der Waals surface area contributed by atoms with Gasteiger partial charge in [0.2, 0.25) is 5.95 Å². The monoisotopic (exact) mass is 334 g/mol. The van der Waals surface area contributed by atoms with Crippen LogP contribution >= 0.6 is 0 Å². The van der Waals surface area contributed by atoms with E-state index in [0.29, 0.717) is 12.4 Å². The van der Waals surface area contributed by atoms with Gasteiger partial charge < -0.3 is 14.3 Å². The van der Waals surface area contributed by atoms with Gasteiger partial charge in [-0.2, -0.15) is 4.39 Å². The second-order valence-corrected chi connectivity index (χ2v) is 6.12. The van der Waals surface area contributed by atoms with Gasteiger partial charge in [-0.05, 0) is 24.3 Å². The molecule has 5 rings (SSSR count). The Morgan fingerprint density at radius 1 is 1.16 bits per heavy atom. The van der Waals surface area contributed by atoms with Gasteiger partial charge in [0.05, 0.1) is 12.0 Å². The number of aromatic amines is 1. The van der Waals surface area contributed by atoms with Crippen LogP contribution < -0.4 is 4.90 Å². The van der Waals surface area contributed by atoms with Gasteiger partial charge in [0, 0.05) is 24.0 Å². The number of aromatic nitrogens is 3. The van der Waals surface area contributed by atoms with Gasteiger partial charge in [-0.3, -0.25) is 0 Å². The third-order valence-corrected chi connectivity index (χ3v) is 4.63. The molecule has 3 aromatic heterocycles. The molecule has 0 saturated heterocycles. The number of halogens is 1. The van der Waals surface area contributed by atoms with Crippen molar-refractivity contribution in [2.75, 3.05) is 11.4 Å². The standard InChI is InChI=1S/C19H15FN4O/c20-16-6-3-7-17(23-16)24-9-8-13-18(22-11-21-13)19(24)15-10-12-4-1-2-5-14(12)25-15/h1-7,10-11,19H,8-9H2,(H,21,22)/t19-/m1/s1. The Labute approximate surface area is 143 Å². The fraction of sp³-hybridized carbons (Fsp3) is 0.158. The summed E-state index contributed by atoms with van der Waals surface area (Å²) in [5.74, 6) is 0.869. The van der Waals surface area contributed by atoms with E-state index in [4.69, 9.17) is 4.42 Å². The highest BCUT2D eigenvalue weighted by Crippen LogP contribution is 2.38. The van der Waals surface area contributed by atoms with Crippen molar-refractivity contribution in [1.82, 2.24) is 15.0 Å². The fourth-order valence-corrected chi connectivity index (χ4v) is 3.51. The van der Waals surface area contributed by atoms with Gasteiger partial charge in [-0.25, -0.2) is 9.97 Å². The van der Waals surface area contributed by atoms with Crippen molar-refractivity contribution in [3.05, 3.63) is 78.0 Å². The van der Waals surface area contributed by atoms with Crippen molar-refractivity contribution in [2.45, 2.75) is 12.5 Å². The summed E-state index contributed by atoms with van der Waals surface area (Å²) in [5.41, 5.74) is 2.81. The molecule has 1 N–H and O–H groups in total. The first-order valence-corrected chi connectivity index (χ1v) is 8.19. The molecule has 0 fully saturated rings. The number of nitrogens with zero attached hydrogens (tertiary/aromatic N) is 3. The molecule has 124 valence electrons. The molecule has 0 spiro atoms. The van der Waals surface area contributed by atoms with E-state index in [-0.39, 0.29) is 6.04 Å². The molecule has 0 aliphatic carbocycles. The summed E-state index contributed by atoms with van der Waals surface area (Å²) >= 11 is 0. The Hall–Kier alpha value is -3.15. The predicted octanol–water partition coefficient (Wildman–Crippen LogP) is 3.84. The van der Waals surface area contributed by atoms with Crippen LogP contribution in [0.2, 0.25) is 0 Å². The molecule has 4 aromatic rings. The molecule has 1 aliphatic heterocycles. The second-order valence-electron chi connectivity index (χ2n) is 6.12. The second kappa shape index (κ2) is 5.44. The minimum Gasteiger partial charge on any atom is -0.458 e. The van der Waals surface area contributed by atoms with E-state index >= 15 is 0 Å². The van der Waals surface area contributed by atoms with E-state index in [2.05, 4.69) is 15.0 Å². The maximum absolute atomic E-state index is 13.7. The summed E-state index contributed by atoms with van der Waals surface area (Å²) in [6.07, 6.45) is 2.49. The van der Waals surface area contributed by atoms with Crippen LogP contribution in [-0.4, -0.2) is 21.5 Å². The molecule has 0 amide bonds. The summed E-state index contributed by atoms with van der Waals surface area (Å²) in [4.78, 5) is 13.8. The van der Waals surface area contributed by atoms with Crippen molar-refractivity contribution < 1.29 is 8.81 Å². The normalized spacial score (nSPS) is 17.0. The van der Waals surface area contributed by atoms with Crippen molar-refractivity contribution in [1.29, 1.82) is 0 Å². The molecule has 1 atom stereocenters. The number of furan rings is 1. The summed E-state index contributed by atoms with van der Waals surface area (Å²) in [6, 6.07) is 14.5. The average Bonchev–Trinajstić information content (AvgIpc) is 3.27. The Bertz CT molecular complexity index is 1020. The minimum absolute atomic E-state index is 0.239. The Morgan fingerprint density at radius 2 is 2.08 bits per heavy atom. The van der Waals surface area contributed by atoms with Gasteiger partial charge in [0.15, 0.2) is 0 Å². The van der Waals surface area contributed by atoms with Crippen LogP contribution in [0.5, 0.6) is 0 Å². The SMILES string of the molecule is Fc1cccc(N2CCc3[nH]cnc3[C@H]2c2cc3ccccc3o2)n1. The number of pyridine rings is 1. The van der Waals surface area contributed by atoms with Crippen LogP contribution in [0.25, 0.3) is 11.0 Å². The molecular weight excluding hydrogens is 319 g/mol. The van der Waals surface area contributed by atoms with Crippen LogP contribution in [-0.2, 0) is 6.42 Å². The van der Waals surface area contributed by atoms with Crippen molar-refractivity contribution >= 4 is 16.8 Å². The zero-order chi connectivity index (χ0) is 16.8. The maximum Gasteiger partial charge on any atom is 0.214 e. The van der Waals surface area contributed by atoms with E-state index in [1.807, 2.05) is 41.3 Å². The maximum atomic E-state index is 13.7. The Kier molecular flexibility index (Phi) is 3.09. The van der Waals surface area contributed by atoms with Crippen LogP contribution in [0.3, 0.4) is 0 Å². The zero-order valence-electron chi connectivity index (χ0n) is 13.3. The number of para-hydroxylation sites is 1. The fourth-order valence-electron chi connectivity index (χ4n) is 3.51. The van der Waals surface area contributed by atoms with Gasteiger partial charge in [-0.1, -0.05) is 24.3 Å². The summed E-state index contributed by atoms with van der Waals surface area (Å²) in [5, 5.41) is 1.03. The Morgan fingerprint density at radius 3 is 2.96 bits per heavy atom. The topological polar surface area (TPSA) is 58.0 Å². The van der Waals surface area contributed by atoms with Crippen molar-refractivity contribution in [3.8, 4) is 0 Å². The average molecular weight is 334 g/mol. The van der Waals surface area contributed by atoms with E-state index in [9.17, 15) is 4.39 Å². The van der Waals surface area contributed by atoms with E-state index in [0.717, 1.165) is 34.5 Å². The van der Waals surface area contributed by atoms with Gasteiger partial charge in [-0.15, -0.1) is 0 Å². The van der Waals surface area contributed by atoms with E-state index in [1.54, 1.807) is 12.4 Å². The molecule has 1 aliphatic rings. The van der Waals surface area contributed by atoms with Crippen LogP contribution in [0.1, 0.15) is 23.2 Å². The highest BCUT2D eigenvalue weighted by atomic mass is 19.1. The summed E-state index contributed by atoms with van der Waals surface area (Å²) < 4.78 is 19.8. The molecule has 4 heterocycles.